The van der Waals surface area contributed by atoms with Gasteiger partial charge in [-0.25, -0.2) is 19.3 Å². The molecule has 3 aromatic heterocycles. The first-order valence-electron chi connectivity index (χ1n) is 12.0. The van der Waals surface area contributed by atoms with Crippen LogP contribution in [0.4, 0.5) is 11.9 Å². The van der Waals surface area contributed by atoms with E-state index in [1.165, 1.54) is 26.9 Å². The van der Waals surface area contributed by atoms with Crippen molar-refractivity contribution in [3.8, 4) is 0 Å². The average molecular weight is 602 g/mol. The van der Waals surface area contributed by atoms with Crippen molar-refractivity contribution in [2.75, 3.05) is 38.9 Å². The highest BCUT2D eigenvalue weighted by molar-refractivity contribution is 8.44. The molecule has 5 N–H and O–H groups in total. The first kappa shape index (κ1) is 28.6. The van der Waals surface area contributed by atoms with Gasteiger partial charge < -0.3 is 30.4 Å². The Balaban J connectivity index is 1.25. The van der Waals surface area contributed by atoms with E-state index < -0.39 is 54.9 Å². The van der Waals surface area contributed by atoms with Crippen LogP contribution in [0, 0.1) is 0 Å². The molecule has 0 aromatic carbocycles. The number of fused-ring (bicyclic) bond motifs is 1. The number of thiol groups is 1. The van der Waals surface area contributed by atoms with Crippen LogP contribution in [0.3, 0.4) is 0 Å². The minimum absolute atomic E-state index is 0.0627. The summed E-state index contributed by atoms with van der Waals surface area (Å²) in [7, 11) is 2.96. The van der Waals surface area contributed by atoms with E-state index in [0.29, 0.717) is 6.42 Å². The van der Waals surface area contributed by atoms with Crippen LogP contribution in [0.25, 0.3) is 11.2 Å². The normalized spacial score (nSPS) is 28.3. The van der Waals surface area contributed by atoms with Crippen molar-refractivity contribution < 1.29 is 32.6 Å². The molecule has 20 heteroatoms. The summed E-state index contributed by atoms with van der Waals surface area (Å²) >= 11 is 4.14. The number of anilines is 2. The van der Waals surface area contributed by atoms with Crippen LogP contribution in [0.1, 0.15) is 25.3 Å². The van der Waals surface area contributed by atoms with E-state index in [2.05, 4.69) is 37.2 Å². The monoisotopic (exact) mass is 601 g/mol. The molecule has 0 spiro atoms. The van der Waals surface area contributed by atoms with Gasteiger partial charge in [0.15, 0.2) is 11.2 Å². The predicted molar refractivity (Wildman–Crippen MR) is 140 cm³/mol. The molecule has 2 unspecified atom stereocenters. The van der Waals surface area contributed by atoms with Crippen LogP contribution < -0.4 is 22.7 Å². The Morgan fingerprint density at radius 3 is 2.42 bits per heavy atom. The van der Waals surface area contributed by atoms with Crippen molar-refractivity contribution in [2.45, 2.75) is 49.7 Å². The number of nitrogens with two attached hydrogens (primary N) is 2. The lowest BCUT2D eigenvalue weighted by Crippen LogP contribution is -2.30. The van der Waals surface area contributed by atoms with E-state index in [1.54, 1.807) is 4.57 Å². The maximum Gasteiger partial charge on any atom is 0.386 e. The number of aromatic nitrogens is 7. The molecular formula is C20H28N9O9PS. The molecule has 5 heterocycles. The summed E-state index contributed by atoms with van der Waals surface area (Å²) in [5, 5.41) is 0. The Morgan fingerprint density at radius 2 is 1.73 bits per heavy atom. The quantitative estimate of drug-likeness (QED) is 0.171. The first-order valence-corrected chi connectivity index (χ1v) is 14.7. The molecule has 2 fully saturated rings. The van der Waals surface area contributed by atoms with Crippen molar-refractivity contribution in [1.82, 2.24) is 34.1 Å². The molecule has 2 aliphatic heterocycles. The number of imidazole rings is 1. The maximum atomic E-state index is 13.2. The van der Waals surface area contributed by atoms with Crippen LogP contribution in [0.15, 0.2) is 22.2 Å². The average Bonchev–Trinajstić information content (AvgIpc) is 3.60. The second-order valence-corrected chi connectivity index (χ2v) is 11.9. The van der Waals surface area contributed by atoms with Gasteiger partial charge in [0.25, 0.3) is 5.56 Å². The van der Waals surface area contributed by atoms with E-state index in [4.69, 9.17) is 39.5 Å². The summed E-state index contributed by atoms with van der Waals surface area (Å²) in [6, 6.07) is 0. The fourth-order valence-electron chi connectivity index (χ4n) is 4.64. The molecule has 0 bridgehead atoms. The Bertz CT molecular complexity index is 1530. The molecule has 0 amide bonds. The second-order valence-electron chi connectivity index (χ2n) is 9.05. The molecule has 0 aliphatic carbocycles. The second kappa shape index (κ2) is 11.5. The van der Waals surface area contributed by atoms with Crippen molar-refractivity contribution in [3.05, 3.63) is 33.5 Å². The van der Waals surface area contributed by atoms with Gasteiger partial charge in [-0.15, -0.1) is 0 Å². The molecule has 2 saturated heterocycles. The molecule has 7 atom stereocenters. The van der Waals surface area contributed by atoms with Gasteiger partial charge in [0.05, 0.1) is 25.6 Å². The maximum absolute atomic E-state index is 13.2. The van der Waals surface area contributed by atoms with E-state index >= 15 is 0 Å². The van der Waals surface area contributed by atoms with E-state index in [9.17, 15) is 14.2 Å². The van der Waals surface area contributed by atoms with Gasteiger partial charge in [0.1, 0.15) is 37.1 Å². The van der Waals surface area contributed by atoms with E-state index in [1.807, 2.05) is 0 Å². The zero-order valence-corrected chi connectivity index (χ0v) is 23.1. The molecular weight excluding hydrogens is 573 g/mol. The van der Waals surface area contributed by atoms with Crippen molar-refractivity contribution in [1.29, 1.82) is 0 Å². The number of aromatic amines is 1. The van der Waals surface area contributed by atoms with Crippen LogP contribution in [0.5, 0.6) is 0 Å². The molecule has 5 rings (SSSR count). The summed E-state index contributed by atoms with van der Waals surface area (Å²) in [6.07, 6.45) is -0.979. The molecule has 218 valence electrons. The van der Waals surface area contributed by atoms with Crippen LogP contribution in [-0.4, -0.2) is 85.9 Å². The Labute approximate surface area is 231 Å². The van der Waals surface area contributed by atoms with Gasteiger partial charge in [0.2, 0.25) is 11.9 Å². The Hall–Kier alpha value is -2.90. The third kappa shape index (κ3) is 5.91. The smallest absolute Gasteiger partial charge is 0.382 e. The summed E-state index contributed by atoms with van der Waals surface area (Å²) in [4.78, 5) is 42.4. The number of H-pyrrole nitrogens is 1. The van der Waals surface area contributed by atoms with Gasteiger partial charge in [-0.05, 0) is 0 Å². The van der Waals surface area contributed by atoms with Gasteiger partial charge in [0, 0.05) is 27.1 Å². The molecule has 0 radical (unpaired) electrons. The number of hydrogen-bond donors (Lipinski definition) is 4. The highest BCUT2D eigenvalue weighted by atomic mass is 32.7. The third-order valence-corrected chi connectivity index (χ3v) is 8.12. The topological polar surface area (TPSA) is 236 Å². The van der Waals surface area contributed by atoms with Crippen molar-refractivity contribution >= 4 is 42.1 Å². The summed E-state index contributed by atoms with van der Waals surface area (Å²) in [5.41, 5.74) is 10.4. The fourth-order valence-corrected chi connectivity index (χ4v) is 6.16. The van der Waals surface area contributed by atoms with Gasteiger partial charge in [-0.2, -0.15) is 9.97 Å². The van der Waals surface area contributed by atoms with Crippen molar-refractivity contribution in [3.63, 3.8) is 0 Å². The van der Waals surface area contributed by atoms with Crippen LogP contribution >= 0.6 is 19.0 Å². The number of ether oxygens (including phenoxy) is 4. The standard InChI is InChI=1S/C20H28N9O9PS/c1-33-5-11-10(4-14(36-11)29-8-24-18(21)27-20(29)31)38-39(32,40)35-6-12-9(34-2)3-13(37-12)28-7-23-15-16(28)25-19(22)26-17(15)30/h7-14H,3-6H2,1-2H3,(H,32,40)(H2,21,27,31)(H3,22,25,26,30)/t9-,10?,11-,12-,13-,14-,39?/m1/s1. The Morgan fingerprint density at radius 1 is 1.05 bits per heavy atom. The highest BCUT2D eigenvalue weighted by Gasteiger charge is 2.43. The minimum atomic E-state index is -3.97. The third-order valence-electron chi connectivity index (χ3n) is 6.48. The van der Waals surface area contributed by atoms with Crippen LogP contribution in [0.2, 0.25) is 0 Å². The first-order chi connectivity index (χ1) is 19.1. The summed E-state index contributed by atoms with van der Waals surface area (Å²) in [5.74, 6) is -0.234. The zero-order chi connectivity index (χ0) is 28.6. The van der Waals surface area contributed by atoms with Crippen LogP contribution in [-0.2, 0) is 32.6 Å². The predicted octanol–water partition coefficient (Wildman–Crippen LogP) is -0.388. The zero-order valence-electron chi connectivity index (χ0n) is 21.4. The van der Waals surface area contributed by atoms with Gasteiger partial charge in [-0.1, -0.05) is 12.2 Å². The Kier molecular flexibility index (Phi) is 8.25. The number of hydrogen-bond acceptors (Lipinski definition) is 15. The lowest BCUT2D eigenvalue weighted by molar-refractivity contribution is -0.0581. The van der Waals surface area contributed by atoms with E-state index in [-0.39, 0.29) is 42.7 Å². The lowest BCUT2D eigenvalue weighted by atomic mass is 10.2. The number of nitrogen functional groups attached to an aromatic ring is 2. The number of nitrogens with one attached hydrogen (secondary N) is 1. The highest BCUT2D eigenvalue weighted by Crippen LogP contribution is 2.56. The molecule has 0 saturated carbocycles. The largest absolute Gasteiger partial charge is 0.386 e. The molecule has 18 nitrogen and oxygen atoms in total. The van der Waals surface area contributed by atoms with Gasteiger partial charge in [-0.3, -0.25) is 28.0 Å². The summed E-state index contributed by atoms with van der Waals surface area (Å²) in [6.45, 7) is -4.09. The molecule has 2 aliphatic rings. The molecule has 3 aromatic rings. The lowest BCUT2D eigenvalue weighted by Gasteiger charge is -2.23. The molecule has 40 heavy (non-hydrogen) atoms. The van der Waals surface area contributed by atoms with Gasteiger partial charge >= 0.3 is 12.5 Å². The van der Waals surface area contributed by atoms with E-state index in [0.717, 1.165) is 4.57 Å². The summed E-state index contributed by atoms with van der Waals surface area (Å²) < 4.78 is 49.9. The SMILES string of the molecule is COC[C@H]1O[C@@H](n2cnc(N)nc2=O)CC1OP(=O)(S)OC[C@H]1O[C@@H](n2cnc3c(=O)[nH]c(N)nc32)C[C@H]1OC. The van der Waals surface area contributed by atoms with Crippen molar-refractivity contribution in [2.24, 2.45) is 0 Å². The number of nitrogens with zero attached hydrogens (tertiary/aromatic N) is 6. The minimum Gasteiger partial charge on any atom is -0.382 e. The fraction of sp³-hybridized carbons (Fsp3) is 0.600. The number of rotatable bonds is 10. The number of methoxy groups -OCH3 is 2.